The van der Waals surface area contributed by atoms with Crippen LogP contribution in [-0.4, -0.2) is 30.7 Å². The van der Waals surface area contributed by atoms with Gasteiger partial charge >= 0.3 is 0 Å². The first-order chi connectivity index (χ1) is 12.6. The Morgan fingerprint density at radius 1 is 1.15 bits per heavy atom. The molecule has 0 unspecified atom stereocenters. The zero-order chi connectivity index (χ0) is 18.5. The highest BCUT2D eigenvalue weighted by Crippen LogP contribution is 2.32. The number of hydrogen-bond donors (Lipinski definition) is 1. The van der Waals surface area contributed by atoms with Gasteiger partial charge in [0.1, 0.15) is 6.04 Å². The monoisotopic (exact) mass is 368 g/mol. The van der Waals surface area contributed by atoms with Crippen LogP contribution in [0.3, 0.4) is 0 Å². The fourth-order valence-electron chi connectivity index (χ4n) is 3.31. The molecule has 0 fully saturated rings. The number of hydrogen-bond acceptors (Lipinski definition) is 3. The molecule has 5 heteroatoms. The van der Waals surface area contributed by atoms with E-state index < -0.39 is 6.04 Å². The highest BCUT2D eigenvalue weighted by molar-refractivity contribution is 7.98. The number of nitrogens with zero attached hydrogens (tertiary/aromatic N) is 1. The molecular weight excluding hydrogens is 344 g/mol. The van der Waals surface area contributed by atoms with Crippen molar-refractivity contribution in [2.24, 2.45) is 0 Å². The van der Waals surface area contributed by atoms with Crippen LogP contribution in [0, 0.1) is 0 Å². The number of para-hydroxylation sites is 1. The molecule has 3 rings (SSSR count). The molecule has 2 aromatic carbocycles. The lowest BCUT2D eigenvalue weighted by Gasteiger charge is -2.24. The zero-order valence-electron chi connectivity index (χ0n) is 15.2. The van der Waals surface area contributed by atoms with Gasteiger partial charge in [-0.05, 0) is 42.0 Å². The van der Waals surface area contributed by atoms with Gasteiger partial charge in [-0.25, -0.2) is 0 Å². The number of amides is 2. The molecule has 0 bridgehead atoms. The molecule has 1 heterocycles. The second kappa shape index (κ2) is 8.41. The van der Waals surface area contributed by atoms with Crippen molar-refractivity contribution < 1.29 is 9.59 Å². The molecule has 0 spiro atoms. The maximum atomic E-state index is 12.7. The highest BCUT2D eigenvalue weighted by Gasteiger charge is 2.37. The van der Waals surface area contributed by atoms with Crippen LogP contribution in [0.5, 0.6) is 0 Å². The van der Waals surface area contributed by atoms with Crippen molar-refractivity contribution in [3.63, 3.8) is 0 Å². The van der Waals surface area contributed by atoms with Crippen molar-refractivity contribution in [2.75, 3.05) is 17.7 Å². The normalized spacial score (nSPS) is 15.6. The number of nitrogens with one attached hydrogen (secondary N) is 1. The smallest absolute Gasteiger partial charge is 0.243 e. The van der Waals surface area contributed by atoms with E-state index in [9.17, 15) is 9.59 Å². The number of anilines is 1. The third kappa shape index (κ3) is 3.93. The quantitative estimate of drug-likeness (QED) is 0.795. The SMILES string of the molecule is CCC(=O)N1c2ccccc2C[C@@H]1C(=O)NCCc1ccc(SC)cc1. The molecule has 0 saturated heterocycles. The summed E-state index contributed by atoms with van der Waals surface area (Å²) in [7, 11) is 0. The molecule has 1 aliphatic heterocycles. The summed E-state index contributed by atoms with van der Waals surface area (Å²) in [6.07, 6.45) is 3.80. The van der Waals surface area contributed by atoms with Gasteiger partial charge in [-0.3, -0.25) is 14.5 Å². The van der Waals surface area contributed by atoms with Crippen LogP contribution >= 0.6 is 11.8 Å². The van der Waals surface area contributed by atoms with Crippen LogP contribution < -0.4 is 10.2 Å². The number of fused-ring (bicyclic) bond motifs is 1. The summed E-state index contributed by atoms with van der Waals surface area (Å²) in [6.45, 7) is 2.40. The minimum atomic E-state index is -0.446. The maximum Gasteiger partial charge on any atom is 0.243 e. The van der Waals surface area contributed by atoms with E-state index in [1.54, 1.807) is 16.7 Å². The van der Waals surface area contributed by atoms with Crippen molar-refractivity contribution in [1.29, 1.82) is 0 Å². The maximum absolute atomic E-state index is 12.7. The average molecular weight is 369 g/mol. The van der Waals surface area contributed by atoms with Crippen LogP contribution in [0.15, 0.2) is 53.4 Å². The predicted molar refractivity (Wildman–Crippen MR) is 107 cm³/mol. The summed E-state index contributed by atoms with van der Waals surface area (Å²) < 4.78 is 0. The van der Waals surface area contributed by atoms with Crippen LogP contribution in [0.1, 0.15) is 24.5 Å². The molecule has 0 aliphatic carbocycles. The Hall–Kier alpha value is -2.27. The molecular formula is C21H24N2O2S. The summed E-state index contributed by atoms with van der Waals surface area (Å²) >= 11 is 1.71. The average Bonchev–Trinajstić information content (AvgIpc) is 3.07. The summed E-state index contributed by atoms with van der Waals surface area (Å²) in [4.78, 5) is 28.0. The van der Waals surface area contributed by atoms with Gasteiger partial charge in [-0.2, -0.15) is 0 Å². The van der Waals surface area contributed by atoms with E-state index in [0.29, 0.717) is 19.4 Å². The second-order valence-electron chi connectivity index (χ2n) is 6.36. The molecule has 136 valence electrons. The third-order valence-corrected chi connectivity index (χ3v) is 5.47. The number of carbonyl (C=O) groups is 2. The van der Waals surface area contributed by atoms with Gasteiger partial charge in [0, 0.05) is 30.0 Å². The Labute approximate surface area is 159 Å². The predicted octanol–water partition coefficient (Wildman–Crippen LogP) is 3.44. The molecule has 0 saturated carbocycles. The van der Waals surface area contributed by atoms with Gasteiger partial charge in [0.05, 0.1) is 0 Å². The van der Waals surface area contributed by atoms with Gasteiger partial charge in [0.25, 0.3) is 0 Å². The molecule has 0 radical (unpaired) electrons. The van der Waals surface area contributed by atoms with Crippen molar-refractivity contribution in [3.05, 3.63) is 59.7 Å². The first-order valence-corrected chi connectivity index (χ1v) is 10.2. The molecule has 1 aliphatic rings. The van der Waals surface area contributed by atoms with Crippen molar-refractivity contribution >= 4 is 29.3 Å². The minimum Gasteiger partial charge on any atom is -0.354 e. The second-order valence-corrected chi connectivity index (χ2v) is 7.23. The number of benzene rings is 2. The van der Waals surface area contributed by atoms with E-state index in [-0.39, 0.29) is 11.8 Å². The van der Waals surface area contributed by atoms with Gasteiger partial charge in [0.15, 0.2) is 0 Å². The van der Waals surface area contributed by atoms with Crippen molar-refractivity contribution in [1.82, 2.24) is 5.32 Å². The van der Waals surface area contributed by atoms with E-state index in [1.165, 1.54) is 10.5 Å². The Morgan fingerprint density at radius 3 is 2.58 bits per heavy atom. The lowest BCUT2D eigenvalue weighted by molar-refractivity contribution is -0.126. The van der Waals surface area contributed by atoms with E-state index in [2.05, 4.69) is 35.8 Å². The number of thioether (sulfide) groups is 1. The summed E-state index contributed by atoms with van der Waals surface area (Å²) in [5.74, 6) is -0.0912. The van der Waals surface area contributed by atoms with Crippen molar-refractivity contribution in [3.8, 4) is 0 Å². The Kier molecular flexibility index (Phi) is 5.99. The van der Waals surface area contributed by atoms with E-state index in [0.717, 1.165) is 17.7 Å². The van der Waals surface area contributed by atoms with Crippen LogP contribution in [-0.2, 0) is 22.4 Å². The van der Waals surface area contributed by atoms with Gasteiger partial charge < -0.3 is 5.32 Å². The Morgan fingerprint density at radius 2 is 1.88 bits per heavy atom. The Balaban J connectivity index is 1.62. The van der Waals surface area contributed by atoms with Crippen LogP contribution in [0.25, 0.3) is 0 Å². The lowest BCUT2D eigenvalue weighted by atomic mass is 10.1. The number of carbonyl (C=O) groups excluding carboxylic acids is 2. The first-order valence-electron chi connectivity index (χ1n) is 8.94. The minimum absolute atomic E-state index is 0.0113. The lowest BCUT2D eigenvalue weighted by Crippen LogP contribution is -2.48. The van der Waals surface area contributed by atoms with Gasteiger partial charge in [-0.15, -0.1) is 11.8 Å². The van der Waals surface area contributed by atoms with Crippen molar-refractivity contribution in [2.45, 2.75) is 37.1 Å². The molecule has 2 amide bonds. The fraction of sp³-hybridized carbons (Fsp3) is 0.333. The van der Waals surface area contributed by atoms with E-state index in [1.807, 2.05) is 31.2 Å². The highest BCUT2D eigenvalue weighted by atomic mass is 32.2. The number of rotatable bonds is 6. The largest absolute Gasteiger partial charge is 0.354 e. The van der Waals surface area contributed by atoms with Crippen LogP contribution in [0.4, 0.5) is 5.69 Å². The first kappa shape index (κ1) is 18.5. The standard InChI is InChI=1S/C21H24N2O2S/c1-3-20(24)23-18-7-5-4-6-16(18)14-19(23)21(25)22-13-12-15-8-10-17(26-2)11-9-15/h4-11,19H,3,12-14H2,1-2H3,(H,22,25)/t19-/m1/s1. The topological polar surface area (TPSA) is 49.4 Å². The fourth-order valence-corrected chi connectivity index (χ4v) is 3.72. The third-order valence-electron chi connectivity index (χ3n) is 4.72. The summed E-state index contributed by atoms with van der Waals surface area (Å²) in [6, 6.07) is 15.7. The molecule has 2 aromatic rings. The molecule has 4 nitrogen and oxygen atoms in total. The zero-order valence-corrected chi connectivity index (χ0v) is 16.0. The molecule has 1 N–H and O–H groups in total. The van der Waals surface area contributed by atoms with Gasteiger partial charge in [-0.1, -0.05) is 37.3 Å². The van der Waals surface area contributed by atoms with E-state index >= 15 is 0 Å². The Bertz CT molecular complexity index is 789. The molecule has 26 heavy (non-hydrogen) atoms. The molecule has 0 aromatic heterocycles. The summed E-state index contributed by atoms with van der Waals surface area (Å²) in [5, 5.41) is 3.01. The molecule has 1 atom stereocenters. The van der Waals surface area contributed by atoms with Crippen LogP contribution in [0.2, 0.25) is 0 Å². The summed E-state index contributed by atoms with van der Waals surface area (Å²) in [5.41, 5.74) is 3.12. The van der Waals surface area contributed by atoms with Gasteiger partial charge in [0.2, 0.25) is 11.8 Å². The van der Waals surface area contributed by atoms with E-state index in [4.69, 9.17) is 0 Å².